The molecule has 0 aliphatic carbocycles. The van der Waals surface area contributed by atoms with Crippen LogP contribution < -0.4 is 10.6 Å². The van der Waals surface area contributed by atoms with E-state index in [2.05, 4.69) is 15.6 Å². The number of aryl methyl sites for hydroxylation is 1. The Labute approximate surface area is 113 Å². The molecule has 0 radical (unpaired) electrons. The largest absolute Gasteiger partial charge is 0.348 e. The van der Waals surface area contributed by atoms with Gasteiger partial charge in [-0.3, -0.25) is 9.59 Å². The minimum Gasteiger partial charge on any atom is -0.348 e. The summed E-state index contributed by atoms with van der Waals surface area (Å²) in [7, 11) is 3.91. The lowest BCUT2D eigenvalue weighted by Crippen LogP contribution is -2.36. The van der Waals surface area contributed by atoms with Crippen LogP contribution in [0.2, 0.25) is 0 Å². The van der Waals surface area contributed by atoms with E-state index in [1.165, 1.54) is 0 Å². The monoisotopic (exact) mass is 264 g/mol. The van der Waals surface area contributed by atoms with Gasteiger partial charge in [0.1, 0.15) is 5.82 Å². The first kappa shape index (κ1) is 15.1. The van der Waals surface area contributed by atoms with Crippen LogP contribution in [-0.2, 0) is 9.59 Å². The molecular weight excluding hydrogens is 244 g/mol. The Balaban J connectivity index is 2.32. The normalized spacial score (nSPS) is 10.3. The summed E-state index contributed by atoms with van der Waals surface area (Å²) in [6.45, 7) is 3.24. The van der Waals surface area contributed by atoms with Crippen LogP contribution in [0, 0.1) is 6.92 Å². The number of amides is 2. The second-order valence-corrected chi connectivity index (χ2v) is 4.59. The van der Waals surface area contributed by atoms with Gasteiger partial charge in [0.25, 0.3) is 0 Å². The molecule has 0 aliphatic heterocycles. The smallest absolute Gasteiger partial charge is 0.314 e. The summed E-state index contributed by atoms with van der Waals surface area (Å²) >= 11 is 0. The molecule has 1 aromatic heterocycles. The van der Waals surface area contributed by atoms with E-state index in [0.717, 1.165) is 18.5 Å². The van der Waals surface area contributed by atoms with Crippen molar-refractivity contribution in [2.45, 2.75) is 13.3 Å². The van der Waals surface area contributed by atoms with Gasteiger partial charge in [-0.25, -0.2) is 4.98 Å². The Morgan fingerprint density at radius 3 is 2.58 bits per heavy atom. The molecule has 1 rings (SSSR count). The molecule has 0 aromatic carbocycles. The van der Waals surface area contributed by atoms with Gasteiger partial charge in [-0.05, 0) is 45.6 Å². The highest BCUT2D eigenvalue weighted by molar-refractivity contribution is 6.39. The molecule has 0 aliphatic rings. The second-order valence-electron chi connectivity index (χ2n) is 4.59. The van der Waals surface area contributed by atoms with Gasteiger partial charge in [0.15, 0.2) is 0 Å². The molecule has 19 heavy (non-hydrogen) atoms. The van der Waals surface area contributed by atoms with Crippen LogP contribution >= 0.6 is 0 Å². The van der Waals surface area contributed by atoms with Crippen LogP contribution in [-0.4, -0.2) is 48.9 Å². The SMILES string of the molecule is Cc1ccc(NC(=O)C(=O)NCCCN(C)C)nc1. The van der Waals surface area contributed by atoms with Gasteiger partial charge in [-0.2, -0.15) is 0 Å². The predicted octanol–water partition coefficient (Wildman–Crippen LogP) is 0.396. The molecule has 1 aromatic rings. The molecule has 2 N–H and O–H groups in total. The third-order valence-electron chi connectivity index (χ3n) is 2.43. The summed E-state index contributed by atoms with van der Waals surface area (Å²) < 4.78 is 0. The van der Waals surface area contributed by atoms with E-state index in [1.54, 1.807) is 12.3 Å². The van der Waals surface area contributed by atoms with Crippen LogP contribution in [0.4, 0.5) is 5.82 Å². The van der Waals surface area contributed by atoms with E-state index in [4.69, 9.17) is 0 Å². The summed E-state index contributed by atoms with van der Waals surface area (Å²) in [5, 5.41) is 5.01. The lowest BCUT2D eigenvalue weighted by atomic mass is 10.3. The molecule has 0 fully saturated rings. The number of aromatic nitrogens is 1. The van der Waals surface area contributed by atoms with Crippen molar-refractivity contribution >= 4 is 17.6 Å². The number of nitrogens with one attached hydrogen (secondary N) is 2. The first-order valence-corrected chi connectivity index (χ1v) is 6.15. The highest BCUT2D eigenvalue weighted by atomic mass is 16.2. The van der Waals surface area contributed by atoms with E-state index in [1.807, 2.05) is 32.0 Å². The Morgan fingerprint density at radius 2 is 2.00 bits per heavy atom. The molecule has 0 saturated carbocycles. The molecule has 6 nitrogen and oxygen atoms in total. The van der Waals surface area contributed by atoms with Crippen LogP contribution in [0.25, 0.3) is 0 Å². The number of carbonyl (C=O) groups excluding carboxylic acids is 2. The molecule has 6 heteroatoms. The molecule has 104 valence electrons. The first-order chi connectivity index (χ1) is 8.99. The Bertz CT molecular complexity index is 429. The van der Waals surface area contributed by atoms with Gasteiger partial charge in [-0.1, -0.05) is 6.07 Å². The van der Waals surface area contributed by atoms with Crippen LogP contribution in [0.15, 0.2) is 18.3 Å². The molecule has 1 heterocycles. The molecule has 2 amide bonds. The molecule has 0 spiro atoms. The Morgan fingerprint density at radius 1 is 1.26 bits per heavy atom. The maximum atomic E-state index is 11.6. The van der Waals surface area contributed by atoms with Crippen molar-refractivity contribution in [3.63, 3.8) is 0 Å². The number of carbonyl (C=O) groups is 2. The third-order valence-corrected chi connectivity index (χ3v) is 2.43. The van der Waals surface area contributed by atoms with Gasteiger partial charge < -0.3 is 15.5 Å². The van der Waals surface area contributed by atoms with E-state index in [-0.39, 0.29) is 0 Å². The van der Waals surface area contributed by atoms with Gasteiger partial charge in [0.2, 0.25) is 0 Å². The fraction of sp³-hybridized carbons (Fsp3) is 0.462. The van der Waals surface area contributed by atoms with Crippen molar-refractivity contribution in [1.29, 1.82) is 0 Å². The summed E-state index contributed by atoms with van der Waals surface area (Å²) in [4.78, 5) is 29.1. The van der Waals surface area contributed by atoms with Crippen molar-refractivity contribution in [3.05, 3.63) is 23.9 Å². The summed E-state index contributed by atoms with van der Waals surface area (Å²) in [6, 6.07) is 3.48. The topological polar surface area (TPSA) is 74.3 Å². The Hall–Kier alpha value is -1.95. The Kier molecular flexibility index (Phi) is 5.95. The standard InChI is InChI=1S/C13H20N4O2/c1-10-5-6-11(15-9-10)16-13(19)12(18)14-7-4-8-17(2)3/h5-6,9H,4,7-8H2,1-3H3,(H,14,18)(H,15,16,19). The zero-order chi connectivity index (χ0) is 14.3. The zero-order valence-corrected chi connectivity index (χ0v) is 11.6. The van der Waals surface area contributed by atoms with Gasteiger partial charge in [0.05, 0.1) is 0 Å². The first-order valence-electron chi connectivity index (χ1n) is 6.15. The lowest BCUT2D eigenvalue weighted by Gasteiger charge is -2.09. The quantitative estimate of drug-likeness (QED) is 0.596. The van der Waals surface area contributed by atoms with Gasteiger partial charge in [-0.15, -0.1) is 0 Å². The van der Waals surface area contributed by atoms with Crippen LogP contribution in [0.1, 0.15) is 12.0 Å². The third kappa shape index (κ3) is 5.96. The average Bonchev–Trinajstić information content (AvgIpc) is 2.36. The van der Waals surface area contributed by atoms with Crippen LogP contribution in [0.3, 0.4) is 0 Å². The number of rotatable bonds is 5. The van der Waals surface area contributed by atoms with E-state index in [0.29, 0.717) is 12.4 Å². The predicted molar refractivity (Wildman–Crippen MR) is 73.8 cm³/mol. The number of pyridine rings is 1. The lowest BCUT2D eigenvalue weighted by molar-refractivity contribution is -0.136. The van der Waals surface area contributed by atoms with Crippen LogP contribution in [0.5, 0.6) is 0 Å². The number of anilines is 1. The van der Waals surface area contributed by atoms with Crippen molar-refractivity contribution in [2.24, 2.45) is 0 Å². The second kappa shape index (κ2) is 7.48. The number of hydrogen-bond acceptors (Lipinski definition) is 4. The van der Waals surface area contributed by atoms with Gasteiger partial charge in [0, 0.05) is 12.7 Å². The highest BCUT2D eigenvalue weighted by Gasteiger charge is 2.13. The van der Waals surface area contributed by atoms with Crippen molar-refractivity contribution in [1.82, 2.24) is 15.2 Å². The maximum absolute atomic E-state index is 11.6. The molecular formula is C13H20N4O2. The van der Waals surface area contributed by atoms with E-state index in [9.17, 15) is 9.59 Å². The molecule has 0 atom stereocenters. The number of hydrogen-bond donors (Lipinski definition) is 2. The van der Waals surface area contributed by atoms with E-state index < -0.39 is 11.8 Å². The molecule has 0 unspecified atom stereocenters. The zero-order valence-electron chi connectivity index (χ0n) is 11.6. The minimum atomic E-state index is -0.693. The summed E-state index contributed by atoms with van der Waals surface area (Å²) in [5.74, 6) is -0.957. The fourth-order valence-electron chi connectivity index (χ4n) is 1.39. The molecule has 0 bridgehead atoms. The van der Waals surface area contributed by atoms with Crippen molar-refractivity contribution in [3.8, 4) is 0 Å². The highest BCUT2D eigenvalue weighted by Crippen LogP contribution is 2.03. The average molecular weight is 264 g/mol. The molecule has 0 saturated heterocycles. The fourth-order valence-corrected chi connectivity index (χ4v) is 1.39. The van der Waals surface area contributed by atoms with Crippen molar-refractivity contribution < 1.29 is 9.59 Å². The number of nitrogens with zero attached hydrogens (tertiary/aromatic N) is 2. The van der Waals surface area contributed by atoms with Gasteiger partial charge >= 0.3 is 11.8 Å². The minimum absolute atomic E-state index is 0.374. The van der Waals surface area contributed by atoms with Crippen molar-refractivity contribution in [2.75, 3.05) is 32.5 Å². The summed E-state index contributed by atoms with van der Waals surface area (Å²) in [6.07, 6.45) is 2.43. The summed E-state index contributed by atoms with van der Waals surface area (Å²) in [5.41, 5.74) is 0.992. The van der Waals surface area contributed by atoms with E-state index >= 15 is 0 Å². The maximum Gasteiger partial charge on any atom is 0.314 e.